The van der Waals surface area contributed by atoms with Crippen LogP contribution in [0.1, 0.15) is 42.6 Å². The average Bonchev–Trinajstić information content (AvgIpc) is 3.11. The molecule has 24 heavy (non-hydrogen) atoms. The Morgan fingerprint density at radius 3 is 2.67 bits per heavy atom. The van der Waals surface area contributed by atoms with Crippen LogP contribution in [0.25, 0.3) is 10.6 Å². The van der Waals surface area contributed by atoms with Gasteiger partial charge in [-0.1, -0.05) is 43.0 Å². The van der Waals surface area contributed by atoms with Gasteiger partial charge in [-0.2, -0.15) is 0 Å². The number of piperidine rings is 1. The molecule has 2 fully saturated rings. The number of thiazole rings is 1. The zero-order valence-electron chi connectivity index (χ0n) is 13.6. The molecule has 1 saturated carbocycles. The van der Waals surface area contributed by atoms with Crippen LogP contribution in [0.15, 0.2) is 29.6 Å². The molecule has 2 atom stereocenters. The third-order valence-corrected chi connectivity index (χ3v) is 6.54. The fourth-order valence-electron chi connectivity index (χ4n) is 4.04. The minimum Gasteiger partial charge on any atom is -0.337 e. The summed E-state index contributed by atoms with van der Waals surface area (Å²) in [4.78, 5) is 19.4. The van der Waals surface area contributed by atoms with E-state index in [2.05, 4.69) is 4.98 Å². The maximum absolute atomic E-state index is 12.8. The number of halogens is 1. The Morgan fingerprint density at radius 2 is 1.88 bits per heavy atom. The molecule has 126 valence electrons. The number of benzene rings is 1. The van der Waals surface area contributed by atoms with Gasteiger partial charge in [-0.15, -0.1) is 11.3 Å². The molecule has 2 aliphatic rings. The monoisotopic (exact) mass is 360 g/mol. The third kappa shape index (κ3) is 3.22. The van der Waals surface area contributed by atoms with Crippen molar-refractivity contribution in [1.82, 2.24) is 9.88 Å². The molecule has 2 aromatic rings. The van der Waals surface area contributed by atoms with E-state index in [9.17, 15) is 4.79 Å². The van der Waals surface area contributed by atoms with Crippen LogP contribution in [0.4, 0.5) is 0 Å². The van der Waals surface area contributed by atoms with Crippen molar-refractivity contribution in [2.24, 2.45) is 11.8 Å². The van der Waals surface area contributed by atoms with Crippen molar-refractivity contribution in [2.75, 3.05) is 13.1 Å². The summed E-state index contributed by atoms with van der Waals surface area (Å²) in [5.74, 6) is 1.63. The second kappa shape index (κ2) is 6.85. The quantitative estimate of drug-likeness (QED) is 0.745. The van der Waals surface area contributed by atoms with Crippen molar-refractivity contribution in [3.05, 3.63) is 40.4 Å². The van der Waals surface area contributed by atoms with Gasteiger partial charge in [0, 0.05) is 29.1 Å². The predicted molar refractivity (Wildman–Crippen MR) is 98.5 cm³/mol. The first-order chi connectivity index (χ1) is 11.7. The minimum absolute atomic E-state index is 0.0930. The molecule has 0 spiro atoms. The van der Waals surface area contributed by atoms with Gasteiger partial charge in [-0.25, -0.2) is 4.98 Å². The zero-order chi connectivity index (χ0) is 16.5. The lowest BCUT2D eigenvalue weighted by Crippen LogP contribution is -2.44. The van der Waals surface area contributed by atoms with Crippen LogP contribution in [-0.4, -0.2) is 28.9 Å². The van der Waals surface area contributed by atoms with Crippen LogP contribution in [0.3, 0.4) is 0 Å². The molecule has 1 amide bonds. The van der Waals surface area contributed by atoms with Crippen molar-refractivity contribution < 1.29 is 4.79 Å². The first-order valence-electron chi connectivity index (χ1n) is 8.71. The first kappa shape index (κ1) is 16.1. The molecule has 5 heteroatoms. The second-order valence-corrected chi connectivity index (χ2v) is 8.18. The van der Waals surface area contributed by atoms with E-state index in [-0.39, 0.29) is 5.91 Å². The molecule has 2 heterocycles. The van der Waals surface area contributed by atoms with Crippen LogP contribution in [-0.2, 0) is 0 Å². The van der Waals surface area contributed by atoms with E-state index < -0.39 is 0 Å². The summed E-state index contributed by atoms with van der Waals surface area (Å²) in [7, 11) is 0. The van der Waals surface area contributed by atoms with Gasteiger partial charge >= 0.3 is 0 Å². The molecule has 1 aliphatic heterocycles. The molecular formula is C19H21ClN2OS. The molecule has 1 aromatic carbocycles. The molecule has 0 unspecified atom stereocenters. The van der Waals surface area contributed by atoms with Crippen LogP contribution in [0.5, 0.6) is 0 Å². The lowest BCUT2D eigenvalue weighted by molar-refractivity contribution is 0.0516. The number of carbonyl (C=O) groups is 1. The number of amides is 1. The smallest absolute Gasteiger partial charge is 0.273 e. The number of rotatable bonds is 2. The summed E-state index contributed by atoms with van der Waals surface area (Å²) < 4.78 is 0. The Morgan fingerprint density at radius 1 is 1.12 bits per heavy atom. The average molecular weight is 361 g/mol. The van der Waals surface area contributed by atoms with E-state index in [0.717, 1.165) is 36.0 Å². The maximum atomic E-state index is 12.8. The molecule has 1 aliphatic carbocycles. The van der Waals surface area contributed by atoms with Crippen LogP contribution < -0.4 is 0 Å². The fraction of sp³-hybridized carbons (Fsp3) is 0.474. The standard InChI is InChI=1S/C19H21ClN2OS/c20-16-7-5-14(6-8-16)18-21-17(12-24-18)19(23)22-10-9-13-3-1-2-4-15(13)11-22/h5-8,12-13,15H,1-4,9-11H2/t13-,15+/m1/s1. The van der Waals surface area contributed by atoms with Crippen molar-refractivity contribution in [2.45, 2.75) is 32.1 Å². The Hall–Kier alpha value is -1.39. The number of hydrogen-bond acceptors (Lipinski definition) is 3. The van der Waals surface area contributed by atoms with E-state index in [1.807, 2.05) is 34.5 Å². The Labute approximate surface area is 151 Å². The van der Waals surface area contributed by atoms with Crippen molar-refractivity contribution in [3.8, 4) is 10.6 Å². The normalized spacial score (nSPS) is 23.8. The molecule has 1 saturated heterocycles. The number of carbonyl (C=O) groups excluding carboxylic acids is 1. The third-order valence-electron chi connectivity index (χ3n) is 5.39. The minimum atomic E-state index is 0.0930. The van der Waals surface area contributed by atoms with Crippen LogP contribution >= 0.6 is 22.9 Å². The Bertz CT molecular complexity index is 727. The van der Waals surface area contributed by atoms with Gasteiger partial charge in [0.15, 0.2) is 0 Å². The van der Waals surface area contributed by atoms with Gasteiger partial charge in [0.25, 0.3) is 5.91 Å². The molecule has 3 nitrogen and oxygen atoms in total. The van der Waals surface area contributed by atoms with Crippen molar-refractivity contribution in [1.29, 1.82) is 0 Å². The molecule has 0 N–H and O–H groups in total. The predicted octanol–water partition coefficient (Wildman–Crippen LogP) is 5.12. The topological polar surface area (TPSA) is 33.2 Å². The second-order valence-electron chi connectivity index (χ2n) is 6.89. The summed E-state index contributed by atoms with van der Waals surface area (Å²) >= 11 is 7.46. The number of nitrogens with zero attached hydrogens (tertiary/aromatic N) is 2. The highest BCUT2D eigenvalue weighted by atomic mass is 35.5. The van der Waals surface area contributed by atoms with E-state index in [0.29, 0.717) is 16.6 Å². The highest BCUT2D eigenvalue weighted by molar-refractivity contribution is 7.13. The van der Waals surface area contributed by atoms with Gasteiger partial charge in [0.05, 0.1) is 0 Å². The van der Waals surface area contributed by atoms with E-state index in [1.165, 1.54) is 37.0 Å². The van der Waals surface area contributed by atoms with Crippen LogP contribution in [0.2, 0.25) is 5.02 Å². The van der Waals surface area contributed by atoms with Crippen LogP contribution in [0, 0.1) is 11.8 Å². The molecule has 4 rings (SSSR count). The van der Waals surface area contributed by atoms with Crippen molar-refractivity contribution in [3.63, 3.8) is 0 Å². The van der Waals surface area contributed by atoms with E-state index >= 15 is 0 Å². The Kier molecular flexibility index (Phi) is 4.59. The highest BCUT2D eigenvalue weighted by Gasteiger charge is 2.33. The summed E-state index contributed by atoms with van der Waals surface area (Å²) in [6.45, 7) is 1.80. The SMILES string of the molecule is O=C(c1csc(-c2ccc(Cl)cc2)n1)N1CC[C@H]2CCCC[C@H]2C1. The van der Waals surface area contributed by atoms with Crippen molar-refractivity contribution >= 4 is 28.8 Å². The first-order valence-corrected chi connectivity index (χ1v) is 9.97. The lowest BCUT2D eigenvalue weighted by Gasteiger charge is -2.41. The molecular weight excluding hydrogens is 340 g/mol. The molecule has 0 radical (unpaired) electrons. The van der Waals surface area contributed by atoms with Gasteiger partial charge in [-0.05, 0) is 36.8 Å². The van der Waals surface area contributed by atoms with Gasteiger partial charge in [-0.3, -0.25) is 4.79 Å². The number of likely N-dealkylation sites (tertiary alicyclic amines) is 1. The molecule has 1 aromatic heterocycles. The number of hydrogen-bond donors (Lipinski definition) is 0. The largest absolute Gasteiger partial charge is 0.337 e. The zero-order valence-corrected chi connectivity index (χ0v) is 15.2. The summed E-state index contributed by atoms with van der Waals surface area (Å²) in [6, 6.07) is 7.60. The van der Waals surface area contributed by atoms with E-state index in [1.54, 1.807) is 0 Å². The number of fused-ring (bicyclic) bond motifs is 1. The summed E-state index contributed by atoms with van der Waals surface area (Å²) in [5.41, 5.74) is 1.59. The fourth-order valence-corrected chi connectivity index (χ4v) is 4.97. The van der Waals surface area contributed by atoms with E-state index in [4.69, 9.17) is 11.6 Å². The lowest BCUT2D eigenvalue weighted by atomic mass is 9.75. The summed E-state index contributed by atoms with van der Waals surface area (Å²) in [6.07, 6.45) is 6.47. The van der Waals surface area contributed by atoms with Gasteiger partial charge in [0.1, 0.15) is 10.7 Å². The summed E-state index contributed by atoms with van der Waals surface area (Å²) in [5, 5.41) is 3.48. The maximum Gasteiger partial charge on any atom is 0.273 e. The highest BCUT2D eigenvalue weighted by Crippen LogP contribution is 2.36. The Balaban J connectivity index is 1.48. The van der Waals surface area contributed by atoms with Gasteiger partial charge < -0.3 is 4.90 Å². The number of aromatic nitrogens is 1. The molecule has 0 bridgehead atoms. The van der Waals surface area contributed by atoms with Gasteiger partial charge in [0.2, 0.25) is 0 Å².